The van der Waals surface area contributed by atoms with Crippen molar-refractivity contribution in [3.8, 4) is 0 Å². The van der Waals surface area contributed by atoms with Crippen molar-refractivity contribution < 1.29 is 9.59 Å². The molecule has 1 amide bonds. The Hall–Kier alpha value is -2.88. The Balaban J connectivity index is 1.81. The van der Waals surface area contributed by atoms with E-state index in [0.717, 1.165) is 16.5 Å². The van der Waals surface area contributed by atoms with E-state index in [1.165, 1.54) is 0 Å². The maximum Gasteiger partial charge on any atom is 0.271 e. The van der Waals surface area contributed by atoms with Crippen LogP contribution in [0.4, 0.5) is 0 Å². The van der Waals surface area contributed by atoms with Gasteiger partial charge in [-0.2, -0.15) is 0 Å². The molecule has 0 saturated heterocycles. The minimum atomic E-state index is -0.481. The summed E-state index contributed by atoms with van der Waals surface area (Å²) in [7, 11) is 0. The van der Waals surface area contributed by atoms with E-state index in [-0.39, 0.29) is 11.8 Å². The number of fused-ring (bicyclic) bond motifs is 3. The summed E-state index contributed by atoms with van der Waals surface area (Å²) in [5.41, 5.74) is 2.27. The Bertz CT molecular complexity index is 912. The lowest BCUT2D eigenvalue weighted by Gasteiger charge is -2.33. The molecule has 2 aromatic carbocycles. The molecule has 4 heteroatoms. The standard InChI is InChI=1S/C19H16N2O2/c1-13-18(22)21-16-10-6-5-9-15(16)11-17(21)19(23)20(13)12-14-7-3-2-4-8-14/h2-11,13H,12H2,1H3. The average Bonchev–Trinajstić information content (AvgIpc) is 2.97. The third-order valence-electron chi connectivity index (χ3n) is 4.43. The summed E-state index contributed by atoms with van der Waals surface area (Å²) >= 11 is 0. The molecule has 0 N–H and O–H groups in total. The quantitative estimate of drug-likeness (QED) is 0.729. The number of benzene rings is 2. The Labute approximate surface area is 133 Å². The van der Waals surface area contributed by atoms with Crippen LogP contribution in [-0.4, -0.2) is 27.3 Å². The minimum absolute atomic E-state index is 0.0586. The predicted octanol–water partition coefficient (Wildman–Crippen LogP) is 3.33. The van der Waals surface area contributed by atoms with Crippen molar-refractivity contribution in [3.63, 3.8) is 0 Å². The smallest absolute Gasteiger partial charge is 0.271 e. The van der Waals surface area contributed by atoms with Gasteiger partial charge in [0.2, 0.25) is 0 Å². The maximum absolute atomic E-state index is 12.9. The molecule has 114 valence electrons. The van der Waals surface area contributed by atoms with Gasteiger partial charge in [-0.15, -0.1) is 0 Å². The summed E-state index contributed by atoms with van der Waals surface area (Å²) in [6, 6.07) is 18.7. The summed E-state index contributed by atoms with van der Waals surface area (Å²) in [5, 5.41) is 0.915. The number of nitrogens with zero attached hydrogens (tertiary/aromatic N) is 2. The molecule has 3 aromatic rings. The molecule has 2 heterocycles. The molecule has 1 atom stereocenters. The fourth-order valence-electron chi connectivity index (χ4n) is 3.18. The largest absolute Gasteiger partial charge is 0.321 e. The Morgan fingerprint density at radius 2 is 1.65 bits per heavy atom. The average molecular weight is 304 g/mol. The van der Waals surface area contributed by atoms with E-state index in [9.17, 15) is 9.59 Å². The van der Waals surface area contributed by atoms with Crippen LogP contribution in [-0.2, 0) is 6.54 Å². The molecule has 0 bridgehead atoms. The molecule has 0 fully saturated rings. The number of hydrogen-bond acceptors (Lipinski definition) is 2. The maximum atomic E-state index is 12.9. The van der Waals surface area contributed by atoms with E-state index in [0.29, 0.717) is 12.2 Å². The lowest BCUT2D eigenvalue weighted by atomic mass is 10.1. The summed E-state index contributed by atoms with van der Waals surface area (Å²) in [6.07, 6.45) is 0. The zero-order chi connectivity index (χ0) is 16.0. The van der Waals surface area contributed by atoms with E-state index >= 15 is 0 Å². The van der Waals surface area contributed by atoms with Crippen LogP contribution in [0.3, 0.4) is 0 Å². The van der Waals surface area contributed by atoms with E-state index in [2.05, 4.69) is 0 Å². The van der Waals surface area contributed by atoms with Gasteiger partial charge in [0.1, 0.15) is 11.7 Å². The van der Waals surface area contributed by atoms with Crippen LogP contribution >= 0.6 is 0 Å². The Morgan fingerprint density at radius 3 is 2.43 bits per heavy atom. The van der Waals surface area contributed by atoms with Crippen molar-refractivity contribution in [1.82, 2.24) is 9.47 Å². The highest BCUT2D eigenvalue weighted by Crippen LogP contribution is 2.27. The first kappa shape index (κ1) is 13.8. The highest BCUT2D eigenvalue weighted by Gasteiger charge is 2.37. The van der Waals surface area contributed by atoms with E-state index in [1.54, 1.807) is 22.5 Å². The van der Waals surface area contributed by atoms with Crippen molar-refractivity contribution in [2.75, 3.05) is 0 Å². The topological polar surface area (TPSA) is 42.3 Å². The number of hydrogen-bond donors (Lipinski definition) is 0. The van der Waals surface area contributed by atoms with Crippen molar-refractivity contribution >= 4 is 22.7 Å². The van der Waals surface area contributed by atoms with Gasteiger partial charge in [-0.1, -0.05) is 48.5 Å². The zero-order valence-electron chi connectivity index (χ0n) is 12.8. The molecule has 4 nitrogen and oxygen atoms in total. The Morgan fingerprint density at radius 1 is 0.957 bits per heavy atom. The van der Waals surface area contributed by atoms with Crippen LogP contribution in [0.25, 0.3) is 10.9 Å². The van der Waals surface area contributed by atoms with E-state index in [4.69, 9.17) is 0 Å². The predicted molar refractivity (Wildman–Crippen MR) is 88.3 cm³/mol. The first-order valence-corrected chi connectivity index (χ1v) is 7.66. The molecule has 0 saturated carbocycles. The van der Waals surface area contributed by atoms with Crippen LogP contribution in [0.5, 0.6) is 0 Å². The molecule has 0 radical (unpaired) electrons. The lowest BCUT2D eigenvalue weighted by Crippen LogP contribution is -2.50. The van der Waals surface area contributed by atoms with Gasteiger partial charge in [0.25, 0.3) is 11.8 Å². The van der Waals surface area contributed by atoms with Gasteiger partial charge in [-0.3, -0.25) is 14.2 Å². The van der Waals surface area contributed by atoms with Crippen LogP contribution < -0.4 is 0 Å². The van der Waals surface area contributed by atoms with Crippen LogP contribution in [0.1, 0.15) is 27.8 Å². The molecule has 4 rings (SSSR count). The first-order chi connectivity index (χ1) is 11.2. The highest BCUT2D eigenvalue weighted by atomic mass is 16.2. The number of carbonyl (C=O) groups is 2. The van der Waals surface area contributed by atoms with Crippen molar-refractivity contribution in [3.05, 3.63) is 71.9 Å². The van der Waals surface area contributed by atoms with Crippen LogP contribution in [0.2, 0.25) is 0 Å². The molecule has 1 aliphatic heterocycles. The van der Waals surface area contributed by atoms with Gasteiger partial charge in [-0.25, -0.2) is 0 Å². The second-order valence-electron chi connectivity index (χ2n) is 5.86. The van der Waals surface area contributed by atoms with E-state index < -0.39 is 6.04 Å². The van der Waals surface area contributed by atoms with Gasteiger partial charge < -0.3 is 4.90 Å². The van der Waals surface area contributed by atoms with Gasteiger partial charge in [0.05, 0.1) is 5.52 Å². The third-order valence-corrected chi connectivity index (χ3v) is 4.43. The molecule has 1 aliphatic rings. The van der Waals surface area contributed by atoms with Gasteiger partial charge in [-0.05, 0) is 24.6 Å². The zero-order valence-corrected chi connectivity index (χ0v) is 12.8. The lowest BCUT2D eigenvalue weighted by molar-refractivity contribution is 0.0513. The SMILES string of the molecule is CC1C(=O)n2c(cc3ccccc32)C(=O)N1Cc1ccccc1. The Kier molecular flexibility index (Phi) is 3.05. The third kappa shape index (κ3) is 2.06. The second kappa shape index (κ2) is 5.09. The fraction of sp³-hybridized carbons (Fsp3) is 0.158. The summed E-state index contributed by atoms with van der Waals surface area (Å²) in [5.74, 6) is -0.158. The van der Waals surface area contributed by atoms with Gasteiger partial charge in [0, 0.05) is 11.9 Å². The first-order valence-electron chi connectivity index (χ1n) is 7.66. The number of amides is 1. The normalized spacial score (nSPS) is 17.6. The van der Waals surface area contributed by atoms with Crippen LogP contribution in [0.15, 0.2) is 60.7 Å². The number of rotatable bonds is 2. The van der Waals surface area contributed by atoms with Crippen LogP contribution in [0, 0.1) is 0 Å². The monoisotopic (exact) mass is 304 g/mol. The molecular weight excluding hydrogens is 288 g/mol. The number of para-hydroxylation sites is 1. The second-order valence-corrected chi connectivity index (χ2v) is 5.86. The minimum Gasteiger partial charge on any atom is -0.321 e. The summed E-state index contributed by atoms with van der Waals surface area (Å²) < 4.78 is 1.56. The van der Waals surface area contributed by atoms with Gasteiger partial charge >= 0.3 is 0 Å². The molecule has 0 spiro atoms. The van der Waals surface area contributed by atoms with Crippen molar-refractivity contribution in [1.29, 1.82) is 0 Å². The summed E-state index contributed by atoms with van der Waals surface area (Å²) in [6.45, 7) is 2.23. The highest BCUT2D eigenvalue weighted by molar-refractivity contribution is 6.10. The van der Waals surface area contributed by atoms with E-state index in [1.807, 2.05) is 54.6 Å². The number of aromatic nitrogens is 1. The molecule has 23 heavy (non-hydrogen) atoms. The van der Waals surface area contributed by atoms with Gasteiger partial charge in [0.15, 0.2) is 0 Å². The van der Waals surface area contributed by atoms with Crippen molar-refractivity contribution in [2.45, 2.75) is 19.5 Å². The molecule has 0 aliphatic carbocycles. The van der Waals surface area contributed by atoms with Crippen molar-refractivity contribution in [2.24, 2.45) is 0 Å². The summed E-state index contributed by atoms with van der Waals surface area (Å²) in [4.78, 5) is 27.4. The molecule has 1 aromatic heterocycles. The number of carbonyl (C=O) groups excluding carboxylic acids is 2. The fourth-order valence-corrected chi connectivity index (χ4v) is 3.18. The molecule has 1 unspecified atom stereocenters. The molecular formula is C19H16N2O2.